The number of hydrogen-bond donors (Lipinski definition) is 1. The molecule has 39 heavy (non-hydrogen) atoms. The molecule has 8 heteroatoms. The van der Waals surface area contributed by atoms with E-state index >= 15 is 0 Å². The molecule has 1 amide bonds. The normalized spacial score (nSPS) is 19.6. The quantitative estimate of drug-likeness (QED) is 0.382. The molecule has 2 aromatic carbocycles. The Kier molecular flexibility index (Phi) is 6.51. The highest BCUT2D eigenvalue weighted by Crippen LogP contribution is 2.35. The smallest absolute Gasteiger partial charge is 0.252 e. The molecule has 2 saturated heterocycles. The van der Waals surface area contributed by atoms with Gasteiger partial charge in [0.15, 0.2) is 0 Å². The lowest BCUT2D eigenvalue weighted by Gasteiger charge is -2.34. The van der Waals surface area contributed by atoms with E-state index in [1.165, 1.54) is 6.42 Å². The molecule has 0 aliphatic carbocycles. The van der Waals surface area contributed by atoms with Crippen molar-refractivity contribution in [3.63, 3.8) is 0 Å². The number of likely N-dealkylation sites (N-methyl/N-ethyl adjacent to an activating group) is 1. The van der Waals surface area contributed by atoms with Gasteiger partial charge >= 0.3 is 0 Å². The third-order valence-corrected chi connectivity index (χ3v) is 8.41. The number of benzene rings is 2. The van der Waals surface area contributed by atoms with Crippen molar-refractivity contribution in [1.29, 1.82) is 0 Å². The number of nitrogens with one attached hydrogen (secondary N) is 1. The van der Waals surface area contributed by atoms with Gasteiger partial charge in [-0.05, 0) is 87.3 Å². The van der Waals surface area contributed by atoms with Crippen molar-refractivity contribution in [2.75, 3.05) is 25.0 Å². The van der Waals surface area contributed by atoms with E-state index in [9.17, 15) is 4.79 Å². The number of fused-ring (bicyclic) bond motifs is 2. The highest BCUT2D eigenvalue weighted by molar-refractivity contribution is 5.97. The summed E-state index contributed by atoms with van der Waals surface area (Å²) in [4.78, 5) is 18.5. The van der Waals surface area contributed by atoms with Gasteiger partial charge in [-0.15, -0.1) is 0 Å². The van der Waals surface area contributed by atoms with E-state index < -0.39 is 0 Å². The predicted octanol–water partition coefficient (Wildman–Crippen LogP) is 4.66. The number of amides is 1. The summed E-state index contributed by atoms with van der Waals surface area (Å²) in [7, 11) is 4.13. The van der Waals surface area contributed by atoms with Gasteiger partial charge in [-0.2, -0.15) is 10.2 Å². The molecule has 0 spiro atoms. The zero-order valence-corrected chi connectivity index (χ0v) is 23.4. The van der Waals surface area contributed by atoms with Crippen molar-refractivity contribution in [1.82, 2.24) is 29.8 Å². The van der Waals surface area contributed by atoms with Crippen molar-refractivity contribution in [2.24, 2.45) is 7.05 Å². The van der Waals surface area contributed by atoms with Gasteiger partial charge in [-0.1, -0.05) is 6.07 Å². The van der Waals surface area contributed by atoms with Gasteiger partial charge in [0.05, 0.1) is 17.9 Å². The van der Waals surface area contributed by atoms with Crippen LogP contribution in [0.3, 0.4) is 0 Å². The molecule has 202 valence electrons. The lowest BCUT2D eigenvalue weighted by Crippen LogP contribution is -2.44. The second-order valence-electron chi connectivity index (χ2n) is 11.1. The van der Waals surface area contributed by atoms with Crippen LogP contribution in [-0.2, 0) is 13.6 Å². The maximum Gasteiger partial charge on any atom is 0.252 e. The molecule has 2 fully saturated rings. The third kappa shape index (κ3) is 4.85. The molecule has 2 aliphatic rings. The van der Waals surface area contributed by atoms with Crippen molar-refractivity contribution in [3.8, 4) is 22.4 Å². The lowest BCUT2D eigenvalue weighted by molar-refractivity contribution is 0.0939. The van der Waals surface area contributed by atoms with Gasteiger partial charge in [-0.3, -0.25) is 19.1 Å². The van der Waals surface area contributed by atoms with Gasteiger partial charge in [0.2, 0.25) is 0 Å². The zero-order chi connectivity index (χ0) is 27.3. The van der Waals surface area contributed by atoms with E-state index in [1.807, 2.05) is 50.2 Å². The Bertz CT molecular complexity index is 1520. The maximum atomic E-state index is 13.6. The van der Waals surface area contributed by atoms with Crippen LogP contribution in [0.25, 0.3) is 22.4 Å². The molecule has 4 aromatic rings. The van der Waals surface area contributed by atoms with Crippen LogP contribution in [0, 0.1) is 6.92 Å². The fraction of sp³-hybridized carbons (Fsp3) is 0.387. The van der Waals surface area contributed by atoms with Crippen LogP contribution in [0.1, 0.15) is 47.8 Å². The summed E-state index contributed by atoms with van der Waals surface area (Å²) in [5.41, 5.74) is 7.91. The van der Waals surface area contributed by atoms with Gasteiger partial charge in [0, 0.05) is 73.5 Å². The molecule has 2 aliphatic heterocycles. The fourth-order valence-electron chi connectivity index (χ4n) is 6.05. The van der Waals surface area contributed by atoms with Crippen LogP contribution in [-0.4, -0.2) is 62.6 Å². The Balaban J connectivity index is 1.28. The molecule has 0 saturated carbocycles. The van der Waals surface area contributed by atoms with Gasteiger partial charge < -0.3 is 10.2 Å². The molecule has 0 radical (unpaired) electrons. The number of aryl methyl sites for hydroxylation is 3. The summed E-state index contributed by atoms with van der Waals surface area (Å²) >= 11 is 0. The monoisotopic (exact) mass is 523 g/mol. The third-order valence-electron chi connectivity index (χ3n) is 8.41. The predicted molar refractivity (Wildman–Crippen MR) is 155 cm³/mol. The van der Waals surface area contributed by atoms with E-state index in [4.69, 9.17) is 5.10 Å². The number of carbonyl (C=O) groups excluding carboxylic acids is 1. The van der Waals surface area contributed by atoms with E-state index in [-0.39, 0.29) is 11.9 Å². The van der Waals surface area contributed by atoms with Gasteiger partial charge in [0.1, 0.15) is 0 Å². The Morgan fingerprint density at radius 1 is 1.05 bits per heavy atom. The Morgan fingerprint density at radius 2 is 1.87 bits per heavy atom. The van der Waals surface area contributed by atoms with Gasteiger partial charge in [0.25, 0.3) is 5.91 Å². The molecular weight excluding hydrogens is 486 g/mol. The maximum absolute atomic E-state index is 13.6. The Labute approximate surface area is 230 Å². The summed E-state index contributed by atoms with van der Waals surface area (Å²) in [5, 5.41) is 12.4. The van der Waals surface area contributed by atoms with Crippen LogP contribution in [0.4, 0.5) is 5.69 Å². The van der Waals surface area contributed by atoms with Crippen molar-refractivity contribution in [2.45, 2.75) is 51.9 Å². The molecule has 6 rings (SSSR count). The first-order chi connectivity index (χ1) is 18.8. The average Bonchev–Trinajstić information content (AvgIpc) is 3.73. The number of anilines is 1. The summed E-state index contributed by atoms with van der Waals surface area (Å²) in [5.74, 6) is -0.0492. The molecular formula is C31H37N7O. The molecule has 3 atom stereocenters. The fourth-order valence-corrected chi connectivity index (χ4v) is 6.05. The number of likely N-dealkylation sites (tertiary alicyclic amines) is 1. The molecule has 2 aromatic heterocycles. The molecule has 4 heterocycles. The first kappa shape index (κ1) is 25.4. The minimum absolute atomic E-state index is 0.0492. The first-order valence-electron chi connectivity index (χ1n) is 13.8. The number of rotatable bonds is 7. The topological polar surface area (TPSA) is 71.2 Å². The van der Waals surface area contributed by atoms with Crippen LogP contribution in [0.15, 0.2) is 61.1 Å². The second kappa shape index (κ2) is 10.0. The SMILES string of the molecule is CCn1ccc(-c2cc(-c3cnn(C)c3)cc([C@@H](C)NC(=O)c3cc(N4C[C@H]5C[C@@H]4CN5C)ccc3C)c2)n1. The highest BCUT2D eigenvalue weighted by atomic mass is 16.1. The number of piperazine rings is 1. The van der Waals surface area contributed by atoms with Crippen LogP contribution in [0.5, 0.6) is 0 Å². The van der Waals surface area contributed by atoms with Crippen molar-refractivity contribution in [3.05, 3.63) is 77.7 Å². The standard InChI is InChI=1S/C31H37N7O/c1-6-37-10-9-30(34-37)24-12-22(11-23(13-24)25-16-32-36(5)17-25)21(3)33-31(39)29-15-26(8-7-20(29)2)38-19-27-14-28(38)18-35(27)4/h7-13,15-17,21,27-28H,6,14,18-19H2,1-5H3,(H,33,39)/t21-,27-,28-/m1/s1. The number of aromatic nitrogens is 4. The average molecular weight is 524 g/mol. The lowest BCUT2D eigenvalue weighted by atomic mass is 9.96. The van der Waals surface area contributed by atoms with E-state index in [1.54, 1.807) is 4.68 Å². The van der Waals surface area contributed by atoms with E-state index in [2.05, 4.69) is 70.6 Å². The molecule has 0 unspecified atom stereocenters. The minimum Gasteiger partial charge on any atom is -0.366 e. The largest absolute Gasteiger partial charge is 0.366 e. The van der Waals surface area contributed by atoms with Crippen molar-refractivity contribution < 1.29 is 4.79 Å². The number of nitrogens with zero attached hydrogens (tertiary/aromatic N) is 6. The Morgan fingerprint density at radius 3 is 2.54 bits per heavy atom. The van der Waals surface area contributed by atoms with Gasteiger partial charge in [-0.25, -0.2) is 0 Å². The number of hydrogen-bond acceptors (Lipinski definition) is 5. The van der Waals surface area contributed by atoms with E-state index in [0.29, 0.717) is 12.1 Å². The molecule has 8 nitrogen and oxygen atoms in total. The van der Waals surface area contributed by atoms with Crippen LogP contribution >= 0.6 is 0 Å². The summed E-state index contributed by atoms with van der Waals surface area (Å²) in [6.07, 6.45) is 7.08. The first-order valence-corrected chi connectivity index (χ1v) is 13.8. The summed E-state index contributed by atoms with van der Waals surface area (Å²) < 4.78 is 3.73. The van der Waals surface area contributed by atoms with Crippen LogP contribution in [0.2, 0.25) is 0 Å². The highest BCUT2D eigenvalue weighted by Gasteiger charge is 2.41. The summed E-state index contributed by atoms with van der Waals surface area (Å²) in [6, 6.07) is 15.7. The van der Waals surface area contributed by atoms with Crippen LogP contribution < -0.4 is 10.2 Å². The molecule has 2 bridgehead atoms. The minimum atomic E-state index is -0.194. The number of carbonyl (C=O) groups is 1. The second-order valence-corrected chi connectivity index (χ2v) is 11.1. The zero-order valence-electron chi connectivity index (χ0n) is 23.4. The Hall–Kier alpha value is -3.91. The summed E-state index contributed by atoms with van der Waals surface area (Å²) in [6.45, 7) is 9.06. The van der Waals surface area contributed by atoms with E-state index in [0.717, 1.165) is 64.4 Å². The molecule has 1 N–H and O–H groups in total. The van der Waals surface area contributed by atoms with Crippen molar-refractivity contribution >= 4 is 11.6 Å².